The van der Waals surface area contributed by atoms with Crippen molar-refractivity contribution in [2.75, 3.05) is 18.4 Å². The number of hydrogen-bond donors (Lipinski definition) is 1. The van der Waals surface area contributed by atoms with Gasteiger partial charge in [0.15, 0.2) is 0 Å². The van der Waals surface area contributed by atoms with E-state index in [1.165, 1.54) is 6.33 Å². The van der Waals surface area contributed by atoms with Gasteiger partial charge in [0.05, 0.1) is 0 Å². The van der Waals surface area contributed by atoms with Gasteiger partial charge in [-0.1, -0.05) is 17.7 Å². The van der Waals surface area contributed by atoms with E-state index in [0.717, 1.165) is 31.7 Å². The van der Waals surface area contributed by atoms with Crippen LogP contribution in [0.2, 0.25) is 5.02 Å². The smallest absolute Gasteiger partial charge is 0.253 e. The maximum atomic E-state index is 12.4. The van der Waals surface area contributed by atoms with Crippen molar-refractivity contribution < 1.29 is 4.79 Å². The molecule has 0 bridgehead atoms. The van der Waals surface area contributed by atoms with Gasteiger partial charge >= 0.3 is 0 Å². The molecule has 3 rings (SSSR count). The van der Waals surface area contributed by atoms with E-state index in [4.69, 9.17) is 11.6 Å². The van der Waals surface area contributed by atoms with Gasteiger partial charge in [0.25, 0.3) is 5.91 Å². The first-order valence-electron chi connectivity index (χ1n) is 7.30. The van der Waals surface area contributed by atoms with Crippen molar-refractivity contribution in [3.05, 3.63) is 53.4 Å². The molecule has 1 N–H and O–H groups in total. The predicted octanol–water partition coefficient (Wildman–Crippen LogP) is 2.85. The van der Waals surface area contributed by atoms with Crippen molar-refractivity contribution in [1.82, 2.24) is 14.9 Å². The van der Waals surface area contributed by atoms with Crippen LogP contribution in [0.1, 0.15) is 23.2 Å². The standard InChI is InChI=1S/C16H17ClN4O/c17-13-3-1-2-12(10-13)16(22)21-8-5-14(6-9-21)20-15-4-7-18-11-19-15/h1-4,7,10-11,14H,5-6,8-9H2,(H,18,19,20). The molecular weight excluding hydrogens is 300 g/mol. The van der Waals surface area contributed by atoms with Crippen molar-refractivity contribution in [3.8, 4) is 0 Å². The average Bonchev–Trinajstić information content (AvgIpc) is 2.56. The molecule has 2 heterocycles. The summed E-state index contributed by atoms with van der Waals surface area (Å²) in [6.45, 7) is 1.46. The summed E-state index contributed by atoms with van der Waals surface area (Å²) in [6, 6.07) is 9.28. The van der Waals surface area contributed by atoms with E-state index in [1.807, 2.05) is 11.0 Å². The third-order valence-corrected chi connectivity index (χ3v) is 4.02. The summed E-state index contributed by atoms with van der Waals surface area (Å²) in [6.07, 6.45) is 5.04. The molecule has 0 atom stereocenters. The zero-order valence-electron chi connectivity index (χ0n) is 12.1. The van der Waals surface area contributed by atoms with Crippen LogP contribution in [0, 0.1) is 0 Å². The van der Waals surface area contributed by atoms with Crippen LogP contribution in [-0.4, -0.2) is 39.9 Å². The molecule has 1 fully saturated rings. The fourth-order valence-corrected chi connectivity index (χ4v) is 2.81. The Kier molecular flexibility index (Phi) is 4.53. The van der Waals surface area contributed by atoms with Crippen LogP contribution >= 0.6 is 11.6 Å². The van der Waals surface area contributed by atoms with Gasteiger partial charge in [0.2, 0.25) is 0 Å². The second kappa shape index (κ2) is 6.75. The molecular formula is C16H17ClN4O. The van der Waals surface area contributed by atoms with E-state index in [9.17, 15) is 4.79 Å². The first-order valence-corrected chi connectivity index (χ1v) is 7.67. The minimum absolute atomic E-state index is 0.0444. The summed E-state index contributed by atoms with van der Waals surface area (Å²) in [5, 5.41) is 3.97. The predicted molar refractivity (Wildman–Crippen MR) is 86.0 cm³/mol. The first-order chi connectivity index (χ1) is 10.7. The molecule has 0 spiro atoms. The molecule has 0 saturated carbocycles. The van der Waals surface area contributed by atoms with E-state index in [0.29, 0.717) is 16.6 Å². The molecule has 1 aromatic heterocycles. The number of hydrogen-bond acceptors (Lipinski definition) is 4. The lowest BCUT2D eigenvalue weighted by molar-refractivity contribution is 0.0718. The second-order valence-electron chi connectivity index (χ2n) is 5.32. The fourth-order valence-electron chi connectivity index (χ4n) is 2.62. The van der Waals surface area contributed by atoms with Crippen LogP contribution in [0.5, 0.6) is 0 Å². The average molecular weight is 317 g/mol. The number of carbonyl (C=O) groups excluding carboxylic acids is 1. The van der Waals surface area contributed by atoms with Crippen LogP contribution < -0.4 is 5.32 Å². The van der Waals surface area contributed by atoms with Gasteiger partial charge in [0, 0.05) is 35.9 Å². The number of rotatable bonds is 3. The maximum absolute atomic E-state index is 12.4. The Morgan fingerprint density at radius 2 is 2.09 bits per heavy atom. The van der Waals surface area contributed by atoms with Gasteiger partial charge in [-0.15, -0.1) is 0 Å². The Morgan fingerprint density at radius 1 is 1.27 bits per heavy atom. The number of piperidine rings is 1. The number of benzene rings is 1. The number of nitrogens with zero attached hydrogens (tertiary/aromatic N) is 3. The lowest BCUT2D eigenvalue weighted by atomic mass is 10.0. The summed E-state index contributed by atoms with van der Waals surface area (Å²) in [5.41, 5.74) is 0.648. The van der Waals surface area contributed by atoms with E-state index >= 15 is 0 Å². The monoisotopic (exact) mass is 316 g/mol. The van der Waals surface area contributed by atoms with Crippen LogP contribution in [0.25, 0.3) is 0 Å². The van der Waals surface area contributed by atoms with Gasteiger partial charge in [0.1, 0.15) is 12.1 Å². The van der Waals surface area contributed by atoms with Gasteiger partial charge < -0.3 is 10.2 Å². The zero-order valence-corrected chi connectivity index (χ0v) is 12.8. The summed E-state index contributed by atoms with van der Waals surface area (Å²) >= 11 is 5.95. The molecule has 0 radical (unpaired) electrons. The van der Waals surface area contributed by atoms with Crippen molar-refractivity contribution in [3.63, 3.8) is 0 Å². The second-order valence-corrected chi connectivity index (χ2v) is 5.75. The molecule has 1 aromatic carbocycles. The highest BCUT2D eigenvalue weighted by atomic mass is 35.5. The number of nitrogens with one attached hydrogen (secondary N) is 1. The molecule has 5 nitrogen and oxygen atoms in total. The Bertz CT molecular complexity index is 642. The Morgan fingerprint density at radius 3 is 2.77 bits per heavy atom. The summed E-state index contributed by atoms with van der Waals surface area (Å²) < 4.78 is 0. The van der Waals surface area contributed by atoms with Gasteiger partial charge in [-0.3, -0.25) is 4.79 Å². The van der Waals surface area contributed by atoms with Gasteiger partial charge in [-0.25, -0.2) is 9.97 Å². The van der Waals surface area contributed by atoms with Crippen molar-refractivity contribution in [2.45, 2.75) is 18.9 Å². The van der Waals surface area contributed by atoms with Crippen LogP contribution in [0.4, 0.5) is 5.82 Å². The number of anilines is 1. The molecule has 1 amide bonds. The Balaban J connectivity index is 1.56. The maximum Gasteiger partial charge on any atom is 0.253 e. The van der Waals surface area contributed by atoms with Crippen molar-refractivity contribution in [2.24, 2.45) is 0 Å². The fraction of sp³-hybridized carbons (Fsp3) is 0.312. The molecule has 0 aliphatic carbocycles. The summed E-state index contributed by atoms with van der Waals surface area (Å²) in [5.74, 6) is 0.873. The molecule has 1 aliphatic heterocycles. The SMILES string of the molecule is O=C(c1cccc(Cl)c1)N1CCC(Nc2ccncn2)CC1. The number of aromatic nitrogens is 2. The van der Waals surface area contributed by atoms with Crippen LogP contribution in [-0.2, 0) is 0 Å². The van der Waals surface area contributed by atoms with Crippen molar-refractivity contribution >= 4 is 23.3 Å². The lowest BCUT2D eigenvalue weighted by Gasteiger charge is -2.32. The van der Waals surface area contributed by atoms with E-state index in [-0.39, 0.29) is 5.91 Å². The van der Waals surface area contributed by atoms with E-state index in [2.05, 4.69) is 15.3 Å². The number of likely N-dealkylation sites (tertiary alicyclic amines) is 1. The molecule has 1 saturated heterocycles. The third kappa shape index (κ3) is 3.54. The van der Waals surface area contributed by atoms with Crippen molar-refractivity contribution in [1.29, 1.82) is 0 Å². The number of carbonyl (C=O) groups is 1. The summed E-state index contributed by atoms with van der Waals surface area (Å²) in [4.78, 5) is 22.4. The van der Waals surface area contributed by atoms with Crippen LogP contribution in [0.15, 0.2) is 42.9 Å². The van der Waals surface area contributed by atoms with E-state index < -0.39 is 0 Å². The molecule has 2 aromatic rings. The molecule has 1 aliphatic rings. The minimum atomic E-state index is 0.0444. The molecule has 6 heteroatoms. The minimum Gasteiger partial charge on any atom is -0.367 e. The molecule has 0 unspecified atom stereocenters. The van der Waals surface area contributed by atoms with Gasteiger partial charge in [-0.2, -0.15) is 0 Å². The highest BCUT2D eigenvalue weighted by molar-refractivity contribution is 6.30. The molecule has 22 heavy (non-hydrogen) atoms. The van der Waals surface area contributed by atoms with Crippen LogP contribution in [0.3, 0.4) is 0 Å². The quantitative estimate of drug-likeness (QED) is 0.946. The Labute approximate surface area is 134 Å². The Hall–Kier alpha value is -2.14. The zero-order chi connectivity index (χ0) is 15.4. The van der Waals surface area contributed by atoms with Gasteiger partial charge in [-0.05, 0) is 37.1 Å². The number of halogens is 1. The summed E-state index contributed by atoms with van der Waals surface area (Å²) in [7, 11) is 0. The first kappa shape index (κ1) is 14.8. The topological polar surface area (TPSA) is 58.1 Å². The highest BCUT2D eigenvalue weighted by Gasteiger charge is 2.23. The highest BCUT2D eigenvalue weighted by Crippen LogP contribution is 2.18. The largest absolute Gasteiger partial charge is 0.367 e. The van der Waals surface area contributed by atoms with E-state index in [1.54, 1.807) is 30.5 Å². The molecule has 114 valence electrons. The normalized spacial score (nSPS) is 15.6. The number of amides is 1. The lowest BCUT2D eigenvalue weighted by Crippen LogP contribution is -2.42. The third-order valence-electron chi connectivity index (χ3n) is 3.79.